The van der Waals surface area contributed by atoms with E-state index in [1.807, 2.05) is 67.6 Å². The molecule has 1 aromatic heterocycles. The van der Waals surface area contributed by atoms with Crippen LogP contribution in [0.25, 0.3) is 0 Å². The molecule has 4 aromatic rings. The van der Waals surface area contributed by atoms with Crippen LogP contribution in [0.3, 0.4) is 0 Å². The third kappa shape index (κ3) is 5.95. The van der Waals surface area contributed by atoms with Crippen molar-refractivity contribution in [1.82, 2.24) is 10.3 Å². The SMILES string of the molecule is Cc1ccc(CN(C(=O)c2ccc3c(c2)OCO3)c2cccc(CC(=O)NCc3cccnc3)c2)cc1. The Hall–Kier alpha value is -4.65. The first-order valence-corrected chi connectivity index (χ1v) is 12.1. The lowest BCUT2D eigenvalue weighted by Gasteiger charge is -2.24. The highest BCUT2D eigenvalue weighted by atomic mass is 16.7. The molecule has 0 atom stereocenters. The van der Waals surface area contributed by atoms with E-state index in [-0.39, 0.29) is 25.0 Å². The maximum atomic E-state index is 13.8. The van der Waals surface area contributed by atoms with Crippen molar-refractivity contribution in [2.24, 2.45) is 0 Å². The number of aryl methyl sites for hydroxylation is 1. The highest BCUT2D eigenvalue weighted by molar-refractivity contribution is 6.06. The van der Waals surface area contributed by atoms with E-state index in [0.717, 1.165) is 22.3 Å². The van der Waals surface area contributed by atoms with Crippen LogP contribution in [-0.4, -0.2) is 23.6 Å². The summed E-state index contributed by atoms with van der Waals surface area (Å²) in [6.45, 7) is 2.96. The van der Waals surface area contributed by atoms with Crippen molar-refractivity contribution in [1.29, 1.82) is 0 Å². The van der Waals surface area contributed by atoms with E-state index in [1.54, 1.807) is 35.5 Å². The second kappa shape index (κ2) is 11.0. The molecule has 7 heteroatoms. The quantitative estimate of drug-likeness (QED) is 0.381. The molecule has 0 aliphatic carbocycles. The van der Waals surface area contributed by atoms with E-state index in [2.05, 4.69) is 10.3 Å². The molecule has 7 nitrogen and oxygen atoms in total. The van der Waals surface area contributed by atoms with Crippen molar-refractivity contribution >= 4 is 17.5 Å². The van der Waals surface area contributed by atoms with Crippen LogP contribution >= 0.6 is 0 Å². The van der Waals surface area contributed by atoms with E-state index in [9.17, 15) is 9.59 Å². The first kappa shape index (κ1) is 24.1. The van der Waals surface area contributed by atoms with Crippen LogP contribution in [0.4, 0.5) is 5.69 Å². The van der Waals surface area contributed by atoms with Crippen LogP contribution in [0, 0.1) is 6.92 Å². The first-order valence-electron chi connectivity index (χ1n) is 12.1. The number of anilines is 1. The zero-order chi connectivity index (χ0) is 25.6. The van der Waals surface area contributed by atoms with Gasteiger partial charge in [0.15, 0.2) is 11.5 Å². The summed E-state index contributed by atoms with van der Waals surface area (Å²) in [5.74, 6) is 0.909. The van der Waals surface area contributed by atoms with Gasteiger partial charge in [-0.15, -0.1) is 0 Å². The second-order valence-corrected chi connectivity index (χ2v) is 8.93. The van der Waals surface area contributed by atoms with Crippen molar-refractivity contribution in [3.63, 3.8) is 0 Å². The standard InChI is InChI=1S/C30H27N3O4/c1-21-7-9-22(10-8-21)19-33(30(35)25-11-12-27-28(16-25)37-20-36-27)26-6-2-4-23(14-26)15-29(34)32-18-24-5-3-13-31-17-24/h2-14,16-17H,15,18-20H2,1H3,(H,32,34). The van der Waals surface area contributed by atoms with Crippen LogP contribution in [0.5, 0.6) is 11.5 Å². The van der Waals surface area contributed by atoms with Crippen LogP contribution in [0.1, 0.15) is 32.6 Å². The Morgan fingerprint density at radius 3 is 2.51 bits per heavy atom. The lowest BCUT2D eigenvalue weighted by Crippen LogP contribution is -2.30. The molecule has 37 heavy (non-hydrogen) atoms. The molecule has 0 bridgehead atoms. The molecule has 0 fully saturated rings. The van der Waals surface area contributed by atoms with Gasteiger partial charge in [0, 0.05) is 30.2 Å². The van der Waals surface area contributed by atoms with E-state index < -0.39 is 0 Å². The van der Waals surface area contributed by atoms with Gasteiger partial charge < -0.3 is 19.7 Å². The first-order chi connectivity index (χ1) is 18.0. The molecule has 2 heterocycles. The number of benzene rings is 3. The van der Waals surface area contributed by atoms with E-state index >= 15 is 0 Å². The third-order valence-electron chi connectivity index (χ3n) is 6.13. The molecule has 0 radical (unpaired) electrons. The van der Waals surface area contributed by atoms with Gasteiger partial charge >= 0.3 is 0 Å². The number of amides is 2. The predicted octanol–water partition coefficient (Wildman–Crippen LogP) is 4.82. The van der Waals surface area contributed by atoms with Crippen molar-refractivity contribution in [2.45, 2.75) is 26.4 Å². The number of ether oxygens (including phenoxy) is 2. The summed E-state index contributed by atoms with van der Waals surface area (Å²) in [7, 11) is 0. The fraction of sp³-hybridized carbons (Fsp3) is 0.167. The largest absolute Gasteiger partial charge is 0.454 e. The Balaban J connectivity index is 1.37. The average Bonchev–Trinajstić information content (AvgIpc) is 3.40. The lowest BCUT2D eigenvalue weighted by atomic mass is 10.1. The van der Waals surface area contributed by atoms with Crippen molar-refractivity contribution in [3.8, 4) is 11.5 Å². The Kier molecular flexibility index (Phi) is 7.12. The summed E-state index contributed by atoms with van der Waals surface area (Å²) < 4.78 is 10.9. The minimum atomic E-state index is -0.169. The molecular formula is C30H27N3O4. The summed E-state index contributed by atoms with van der Waals surface area (Å²) in [5, 5.41) is 2.93. The van der Waals surface area contributed by atoms with E-state index in [0.29, 0.717) is 35.8 Å². The minimum Gasteiger partial charge on any atom is -0.454 e. The van der Waals surface area contributed by atoms with Crippen LogP contribution in [0.15, 0.2) is 91.3 Å². The Bertz CT molecular complexity index is 1400. The van der Waals surface area contributed by atoms with Gasteiger partial charge in [-0.05, 0) is 60.0 Å². The van der Waals surface area contributed by atoms with E-state index in [1.165, 1.54) is 0 Å². The fourth-order valence-electron chi connectivity index (χ4n) is 4.13. The molecule has 5 rings (SSSR count). The molecule has 1 N–H and O–H groups in total. The molecular weight excluding hydrogens is 466 g/mol. The number of hydrogen-bond acceptors (Lipinski definition) is 5. The summed E-state index contributed by atoms with van der Waals surface area (Å²) in [6, 6.07) is 24.6. The topological polar surface area (TPSA) is 80.8 Å². The predicted molar refractivity (Wildman–Crippen MR) is 140 cm³/mol. The van der Waals surface area contributed by atoms with Gasteiger partial charge in [0.1, 0.15) is 0 Å². The lowest BCUT2D eigenvalue weighted by molar-refractivity contribution is -0.120. The number of rotatable bonds is 8. The summed E-state index contributed by atoms with van der Waals surface area (Å²) in [6.07, 6.45) is 3.63. The number of nitrogens with zero attached hydrogens (tertiary/aromatic N) is 2. The summed E-state index contributed by atoms with van der Waals surface area (Å²) in [4.78, 5) is 32.2. The zero-order valence-electron chi connectivity index (χ0n) is 20.5. The van der Waals surface area contributed by atoms with Crippen molar-refractivity contribution in [3.05, 3.63) is 119 Å². The molecule has 0 saturated heterocycles. The third-order valence-corrected chi connectivity index (χ3v) is 6.13. The van der Waals surface area contributed by atoms with Gasteiger partial charge in [-0.3, -0.25) is 14.6 Å². The number of fused-ring (bicyclic) bond motifs is 1. The van der Waals surface area contributed by atoms with Gasteiger partial charge in [0.25, 0.3) is 5.91 Å². The number of nitrogens with one attached hydrogen (secondary N) is 1. The molecule has 186 valence electrons. The van der Waals surface area contributed by atoms with Crippen LogP contribution in [-0.2, 0) is 24.3 Å². The van der Waals surface area contributed by atoms with Gasteiger partial charge in [-0.2, -0.15) is 0 Å². The fourth-order valence-corrected chi connectivity index (χ4v) is 4.13. The molecule has 1 aliphatic rings. The smallest absolute Gasteiger partial charge is 0.258 e. The maximum absolute atomic E-state index is 13.8. The Morgan fingerprint density at radius 2 is 1.70 bits per heavy atom. The molecule has 3 aromatic carbocycles. The number of carbonyl (C=O) groups excluding carboxylic acids is 2. The molecule has 0 spiro atoms. The van der Waals surface area contributed by atoms with Crippen molar-refractivity contribution < 1.29 is 19.1 Å². The van der Waals surface area contributed by atoms with E-state index in [4.69, 9.17) is 9.47 Å². The summed E-state index contributed by atoms with van der Waals surface area (Å²) in [5.41, 5.74) is 5.10. The van der Waals surface area contributed by atoms with Crippen LogP contribution < -0.4 is 19.7 Å². The maximum Gasteiger partial charge on any atom is 0.258 e. The normalized spacial score (nSPS) is 11.7. The van der Waals surface area contributed by atoms with Gasteiger partial charge in [-0.1, -0.05) is 48.0 Å². The monoisotopic (exact) mass is 493 g/mol. The second-order valence-electron chi connectivity index (χ2n) is 8.93. The van der Waals surface area contributed by atoms with Gasteiger partial charge in [0.05, 0.1) is 13.0 Å². The van der Waals surface area contributed by atoms with Crippen molar-refractivity contribution in [2.75, 3.05) is 11.7 Å². The molecule has 0 saturated carbocycles. The highest BCUT2D eigenvalue weighted by Gasteiger charge is 2.22. The number of carbonyl (C=O) groups is 2. The Morgan fingerprint density at radius 1 is 0.892 bits per heavy atom. The average molecular weight is 494 g/mol. The zero-order valence-corrected chi connectivity index (χ0v) is 20.5. The van der Waals surface area contributed by atoms with Gasteiger partial charge in [0.2, 0.25) is 12.7 Å². The number of aromatic nitrogens is 1. The number of pyridine rings is 1. The Labute approximate surface area is 215 Å². The number of hydrogen-bond donors (Lipinski definition) is 1. The van der Waals surface area contributed by atoms with Crippen LogP contribution in [0.2, 0.25) is 0 Å². The molecule has 1 aliphatic heterocycles. The van der Waals surface area contributed by atoms with Gasteiger partial charge in [-0.25, -0.2) is 0 Å². The minimum absolute atomic E-state index is 0.104. The summed E-state index contributed by atoms with van der Waals surface area (Å²) >= 11 is 0. The molecule has 2 amide bonds. The highest BCUT2D eigenvalue weighted by Crippen LogP contribution is 2.33. The molecule has 0 unspecified atom stereocenters.